The summed E-state index contributed by atoms with van der Waals surface area (Å²) in [6, 6.07) is 0.496. The quantitative estimate of drug-likeness (QED) is 0.629. The van der Waals surface area contributed by atoms with Crippen LogP contribution >= 0.6 is 0 Å². The van der Waals surface area contributed by atoms with Crippen LogP contribution in [0.2, 0.25) is 0 Å². The van der Waals surface area contributed by atoms with E-state index >= 15 is 0 Å². The van der Waals surface area contributed by atoms with Crippen LogP contribution < -0.4 is 5.32 Å². The van der Waals surface area contributed by atoms with Gasteiger partial charge in [-0.3, -0.25) is 0 Å². The van der Waals surface area contributed by atoms with Crippen molar-refractivity contribution in [2.45, 2.75) is 70.9 Å². The molecule has 1 rings (SSSR count). The van der Waals surface area contributed by atoms with Crippen LogP contribution in [-0.2, 0) is 4.74 Å². The molecule has 1 aliphatic carbocycles. The Morgan fingerprint density at radius 3 is 2.56 bits per heavy atom. The molecule has 0 saturated heterocycles. The van der Waals surface area contributed by atoms with Gasteiger partial charge in [0.1, 0.15) is 0 Å². The molecular weight excluding hydrogens is 222 g/mol. The summed E-state index contributed by atoms with van der Waals surface area (Å²) < 4.78 is 6.10. The van der Waals surface area contributed by atoms with Crippen molar-refractivity contribution in [3.05, 3.63) is 12.7 Å². The van der Waals surface area contributed by atoms with E-state index in [9.17, 15) is 0 Å². The minimum Gasteiger partial charge on any atom is -0.377 e. The van der Waals surface area contributed by atoms with Crippen LogP contribution in [0.25, 0.3) is 0 Å². The first-order valence-electron chi connectivity index (χ1n) is 7.79. The van der Waals surface area contributed by atoms with Gasteiger partial charge in [-0.15, -0.1) is 6.58 Å². The fourth-order valence-corrected chi connectivity index (χ4v) is 3.18. The lowest BCUT2D eigenvalue weighted by Gasteiger charge is -2.36. The van der Waals surface area contributed by atoms with Crippen LogP contribution in [0.15, 0.2) is 12.7 Å². The third-order valence-electron chi connectivity index (χ3n) is 4.02. The van der Waals surface area contributed by atoms with Crippen molar-refractivity contribution in [2.24, 2.45) is 5.92 Å². The number of rotatable bonds is 9. The van der Waals surface area contributed by atoms with Gasteiger partial charge in [-0.1, -0.05) is 32.3 Å². The van der Waals surface area contributed by atoms with Crippen LogP contribution in [0, 0.1) is 5.92 Å². The van der Waals surface area contributed by atoms with E-state index in [0.717, 1.165) is 31.9 Å². The minimum absolute atomic E-state index is 0.398. The second-order valence-electron chi connectivity index (χ2n) is 5.35. The maximum Gasteiger partial charge on any atom is 0.0756 e. The first-order valence-corrected chi connectivity index (χ1v) is 7.79. The predicted octanol–water partition coefficient (Wildman–Crippen LogP) is 3.92. The molecule has 2 nitrogen and oxygen atoms in total. The number of hydrogen-bond acceptors (Lipinski definition) is 2. The molecule has 0 aliphatic heterocycles. The average molecular weight is 253 g/mol. The molecule has 18 heavy (non-hydrogen) atoms. The lowest BCUT2D eigenvalue weighted by molar-refractivity contribution is -0.0188. The molecule has 2 atom stereocenters. The van der Waals surface area contributed by atoms with Gasteiger partial charge in [-0.2, -0.15) is 0 Å². The first kappa shape index (κ1) is 15.7. The van der Waals surface area contributed by atoms with Crippen LogP contribution in [0.5, 0.6) is 0 Å². The Kier molecular flexibility index (Phi) is 8.36. The zero-order valence-corrected chi connectivity index (χ0v) is 12.3. The largest absolute Gasteiger partial charge is 0.377 e. The number of nitrogens with one attached hydrogen (secondary N) is 1. The van der Waals surface area contributed by atoms with Crippen LogP contribution in [0.3, 0.4) is 0 Å². The highest BCUT2D eigenvalue weighted by Crippen LogP contribution is 2.30. The van der Waals surface area contributed by atoms with Crippen LogP contribution in [0.4, 0.5) is 0 Å². The Bertz CT molecular complexity index is 211. The summed E-state index contributed by atoms with van der Waals surface area (Å²) in [5, 5.41) is 3.63. The lowest BCUT2D eigenvalue weighted by Crippen LogP contribution is -2.46. The summed E-state index contributed by atoms with van der Waals surface area (Å²) in [6.07, 6.45) is 11.5. The standard InChI is InChI=1S/C16H31NO/c1-4-7-13-15(17-5-2)16(18-6-3)14-11-9-8-10-12-14/h4,14-17H,1,5-13H2,2-3H3. The Hall–Kier alpha value is -0.340. The molecular formula is C16H31NO. The Morgan fingerprint density at radius 1 is 1.28 bits per heavy atom. The second kappa shape index (κ2) is 9.57. The van der Waals surface area contributed by atoms with Gasteiger partial charge in [-0.25, -0.2) is 0 Å². The van der Waals surface area contributed by atoms with Crippen LogP contribution in [0.1, 0.15) is 58.8 Å². The highest BCUT2D eigenvalue weighted by atomic mass is 16.5. The molecule has 2 heteroatoms. The van der Waals surface area contributed by atoms with Crippen molar-refractivity contribution >= 4 is 0 Å². The van der Waals surface area contributed by atoms with Crippen molar-refractivity contribution in [2.75, 3.05) is 13.2 Å². The zero-order chi connectivity index (χ0) is 13.2. The van der Waals surface area contributed by atoms with E-state index in [2.05, 4.69) is 25.7 Å². The summed E-state index contributed by atoms with van der Waals surface area (Å²) >= 11 is 0. The smallest absolute Gasteiger partial charge is 0.0756 e. The van der Waals surface area contributed by atoms with E-state index in [4.69, 9.17) is 4.74 Å². The summed E-state index contributed by atoms with van der Waals surface area (Å²) in [6.45, 7) is 10.0. The molecule has 0 amide bonds. The Balaban J connectivity index is 2.60. The number of allylic oxidation sites excluding steroid dienone is 1. The Labute approximate surface area is 113 Å². The highest BCUT2D eigenvalue weighted by molar-refractivity contribution is 4.86. The van der Waals surface area contributed by atoms with Crippen molar-refractivity contribution in [3.8, 4) is 0 Å². The maximum atomic E-state index is 6.10. The van der Waals surface area contributed by atoms with E-state index in [1.807, 2.05) is 6.08 Å². The molecule has 106 valence electrons. The third kappa shape index (κ3) is 5.11. The maximum absolute atomic E-state index is 6.10. The molecule has 1 aliphatic rings. The number of ether oxygens (including phenoxy) is 1. The minimum atomic E-state index is 0.398. The molecule has 0 aromatic heterocycles. The van der Waals surface area contributed by atoms with Crippen molar-refractivity contribution < 1.29 is 4.74 Å². The molecule has 0 aromatic rings. The van der Waals surface area contributed by atoms with E-state index in [0.29, 0.717) is 12.1 Å². The molecule has 1 N–H and O–H groups in total. The van der Waals surface area contributed by atoms with Crippen molar-refractivity contribution in [1.82, 2.24) is 5.32 Å². The lowest BCUT2D eigenvalue weighted by atomic mass is 9.81. The highest BCUT2D eigenvalue weighted by Gasteiger charge is 2.30. The summed E-state index contributed by atoms with van der Waals surface area (Å²) in [4.78, 5) is 0. The average Bonchev–Trinajstić information content (AvgIpc) is 2.42. The number of hydrogen-bond donors (Lipinski definition) is 1. The van der Waals surface area contributed by atoms with Crippen molar-refractivity contribution in [1.29, 1.82) is 0 Å². The van der Waals surface area contributed by atoms with Crippen LogP contribution in [-0.4, -0.2) is 25.3 Å². The first-order chi connectivity index (χ1) is 8.83. The molecule has 0 radical (unpaired) electrons. The molecule has 1 fully saturated rings. The monoisotopic (exact) mass is 253 g/mol. The van der Waals surface area contributed by atoms with Gasteiger partial charge < -0.3 is 10.1 Å². The van der Waals surface area contributed by atoms with Gasteiger partial charge in [0.2, 0.25) is 0 Å². The summed E-state index contributed by atoms with van der Waals surface area (Å²) in [5.74, 6) is 0.757. The van der Waals surface area contributed by atoms with Gasteiger partial charge in [0.15, 0.2) is 0 Å². The fraction of sp³-hybridized carbons (Fsp3) is 0.875. The molecule has 0 bridgehead atoms. The second-order valence-corrected chi connectivity index (χ2v) is 5.35. The fourth-order valence-electron chi connectivity index (χ4n) is 3.18. The van der Waals surface area contributed by atoms with Gasteiger partial charge in [-0.05, 0) is 45.1 Å². The van der Waals surface area contributed by atoms with Gasteiger partial charge in [0, 0.05) is 12.6 Å². The molecule has 0 spiro atoms. The summed E-state index contributed by atoms with van der Waals surface area (Å²) in [5.41, 5.74) is 0. The Morgan fingerprint density at radius 2 is 2.00 bits per heavy atom. The van der Waals surface area contributed by atoms with Crippen molar-refractivity contribution in [3.63, 3.8) is 0 Å². The van der Waals surface area contributed by atoms with Gasteiger partial charge in [0.05, 0.1) is 6.10 Å². The van der Waals surface area contributed by atoms with E-state index in [1.165, 1.54) is 32.1 Å². The molecule has 0 heterocycles. The zero-order valence-electron chi connectivity index (χ0n) is 12.3. The molecule has 1 saturated carbocycles. The summed E-state index contributed by atoms with van der Waals surface area (Å²) in [7, 11) is 0. The molecule has 0 aromatic carbocycles. The SMILES string of the molecule is C=CCCC(NCC)C(OCC)C1CCCCC1. The van der Waals surface area contributed by atoms with E-state index < -0.39 is 0 Å². The predicted molar refractivity (Wildman–Crippen MR) is 78.9 cm³/mol. The van der Waals surface area contributed by atoms with E-state index in [-0.39, 0.29) is 0 Å². The van der Waals surface area contributed by atoms with Gasteiger partial charge in [0.25, 0.3) is 0 Å². The van der Waals surface area contributed by atoms with Gasteiger partial charge >= 0.3 is 0 Å². The molecule has 2 unspecified atom stereocenters. The normalized spacial score (nSPS) is 20.6. The van der Waals surface area contributed by atoms with E-state index in [1.54, 1.807) is 0 Å². The third-order valence-corrected chi connectivity index (χ3v) is 4.02. The topological polar surface area (TPSA) is 21.3 Å². The number of likely N-dealkylation sites (N-methyl/N-ethyl adjacent to an activating group) is 1.